The third-order valence-corrected chi connectivity index (χ3v) is 3.58. The largest absolute Gasteiger partial charge is 0.476 e. The molecule has 0 amide bonds. The van der Waals surface area contributed by atoms with Crippen molar-refractivity contribution in [2.45, 2.75) is 39.3 Å². The summed E-state index contributed by atoms with van der Waals surface area (Å²) in [5.41, 5.74) is 0.964. The van der Waals surface area contributed by atoms with Crippen LogP contribution in [-0.4, -0.2) is 22.1 Å². The lowest BCUT2D eigenvalue weighted by molar-refractivity contribution is 0.307. The van der Waals surface area contributed by atoms with Gasteiger partial charge in [0.05, 0.1) is 18.5 Å². The highest BCUT2D eigenvalue weighted by molar-refractivity contribution is 7.09. The summed E-state index contributed by atoms with van der Waals surface area (Å²) >= 11 is 1.75. The molecule has 108 valence electrons. The topological polar surface area (TPSA) is 47.0 Å². The van der Waals surface area contributed by atoms with E-state index in [1.165, 1.54) is 4.88 Å². The van der Waals surface area contributed by atoms with E-state index in [0.717, 1.165) is 12.1 Å². The Balaban J connectivity index is 1.83. The van der Waals surface area contributed by atoms with Crippen LogP contribution < -0.4 is 10.1 Å². The van der Waals surface area contributed by atoms with Crippen LogP contribution in [0.4, 0.5) is 0 Å². The van der Waals surface area contributed by atoms with Crippen LogP contribution in [0.2, 0.25) is 0 Å². The van der Waals surface area contributed by atoms with E-state index in [4.69, 9.17) is 4.74 Å². The summed E-state index contributed by atoms with van der Waals surface area (Å²) in [6.45, 7) is 7.70. The Morgan fingerprint density at radius 1 is 1.30 bits per heavy atom. The van der Waals surface area contributed by atoms with E-state index in [1.54, 1.807) is 23.7 Å². The molecule has 0 radical (unpaired) electrons. The Hall–Kier alpha value is -1.46. The van der Waals surface area contributed by atoms with Crippen molar-refractivity contribution in [2.24, 2.45) is 0 Å². The van der Waals surface area contributed by atoms with E-state index < -0.39 is 0 Å². The lowest BCUT2D eigenvalue weighted by Gasteiger charge is -2.20. The van der Waals surface area contributed by atoms with Crippen molar-refractivity contribution in [3.8, 4) is 5.88 Å². The second-order valence-corrected chi connectivity index (χ2v) is 6.66. The Kier molecular flexibility index (Phi) is 5.09. The fourth-order valence-corrected chi connectivity index (χ4v) is 2.30. The van der Waals surface area contributed by atoms with Crippen molar-refractivity contribution in [1.82, 2.24) is 15.3 Å². The van der Waals surface area contributed by atoms with Crippen molar-refractivity contribution in [2.75, 3.05) is 6.61 Å². The zero-order valence-electron chi connectivity index (χ0n) is 12.2. The normalized spacial score (nSPS) is 11.6. The van der Waals surface area contributed by atoms with Gasteiger partial charge < -0.3 is 10.1 Å². The maximum atomic E-state index is 5.66. The van der Waals surface area contributed by atoms with Crippen LogP contribution in [0.5, 0.6) is 5.88 Å². The molecule has 1 N–H and O–H groups in total. The smallest absolute Gasteiger partial charge is 0.232 e. The van der Waals surface area contributed by atoms with E-state index in [-0.39, 0.29) is 5.54 Å². The second-order valence-electron chi connectivity index (χ2n) is 5.63. The van der Waals surface area contributed by atoms with Gasteiger partial charge in [-0.1, -0.05) is 6.07 Å². The molecule has 2 rings (SSSR count). The molecule has 0 fully saturated rings. The minimum atomic E-state index is 0.0672. The molecule has 0 saturated carbocycles. The van der Waals surface area contributed by atoms with Gasteiger partial charge in [0.15, 0.2) is 0 Å². The fraction of sp³-hybridized carbons (Fsp3) is 0.467. The third-order valence-electron chi connectivity index (χ3n) is 2.64. The van der Waals surface area contributed by atoms with Gasteiger partial charge in [-0.2, -0.15) is 0 Å². The summed E-state index contributed by atoms with van der Waals surface area (Å²) in [5.74, 6) is 0.592. The Morgan fingerprint density at radius 2 is 2.15 bits per heavy atom. The van der Waals surface area contributed by atoms with E-state index in [0.29, 0.717) is 19.0 Å². The standard InChI is InChI=1S/C15H21N3OS/c1-15(2,3)17-10-12-9-16-11-14(18-12)19-7-6-13-5-4-8-20-13/h4-5,8-9,11,17H,6-7,10H2,1-3H3. The highest BCUT2D eigenvalue weighted by Gasteiger charge is 2.09. The zero-order valence-corrected chi connectivity index (χ0v) is 13.0. The molecule has 2 aromatic rings. The van der Waals surface area contributed by atoms with Gasteiger partial charge in [-0.05, 0) is 32.2 Å². The Morgan fingerprint density at radius 3 is 2.85 bits per heavy atom. The van der Waals surface area contributed by atoms with Gasteiger partial charge in [-0.25, -0.2) is 4.98 Å². The molecular weight excluding hydrogens is 270 g/mol. The fourth-order valence-electron chi connectivity index (χ4n) is 1.61. The predicted octanol–water partition coefficient (Wildman–Crippen LogP) is 3.05. The molecule has 0 aliphatic rings. The monoisotopic (exact) mass is 291 g/mol. The molecule has 0 bridgehead atoms. The number of hydrogen-bond acceptors (Lipinski definition) is 5. The molecule has 0 aliphatic heterocycles. The van der Waals surface area contributed by atoms with Crippen LogP contribution >= 0.6 is 11.3 Å². The minimum Gasteiger partial charge on any atom is -0.476 e. The van der Waals surface area contributed by atoms with Crippen molar-refractivity contribution in [3.05, 3.63) is 40.5 Å². The number of aromatic nitrogens is 2. The summed E-state index contributed by atoms with van der Waals surface area (Å²) in [6, 6.07) is 4.17. The van der Waals surface area contributed by atoms with Crippen LogP contribution in [0.15, 0.2) is 29.9 Å². The van der Waals surface area contributed by atoms with Crippen LogP contribution in [0.1, 0.15) is 31.3 Å². The lowest BCUT2D eigenvalue weighted by Crippen LogP contribution is -2.35. The van der Waals surface area contributed by atoms with Crippen LogP contribution in [-0.2, 0) is 13.0 Å². The summed E-state index contributed by atoms with van der Waals surface area (Å²) in [6.07, 6.45) is 4.34. The average Bonchev–Trinajstić information content (AvgIpc) is 2.89. The van der Waals surface area contributed by atoms with Gasteiger partial charge in [0.25, 0.3) is 0 Å². The summed E-state index contributed by atoms with van der Waals surface area (Å²) < 4.78 is 5.66. The molecule has 0 aromatic carbocycles. The Labute approximate surface area is 124 Å². The second kappa shape index (κ2) is 6.81. The number of thiophene rings is 1. The molecular formula is C15H21N3OS. The summed E-state index contributed by atoms with van der Waals surface area (Å²) in [5, 5.41) is 5.46. The van der Waals surface area contributed by atoms with Crippen molar-refractivity contribution < 1.29 is 4.74 Å². The molecule has 0 saturated heterocycles. The number of hydrogen-bond donors (Lipinski definition) is 1. The van der Waals surface area contributed by atoms with Crippen LogP contribution in [0.3, 0.4) is 0 Å². The molecule has 5 heteroatoms. The first kappa shape index (κ1) is 14.9. The van der Waals surface area contributed by atoms with E-state index in [1.807, 2.05) is 0 Å². The zero-order chi connectivity index (χ0) is 14.4. The molecule has 0 spiro atoms. The maximum Gasteiger partial charge on any atom is 0.232 e. The first-order valence-corrected chi connectivity index (χ1v) is 7.62. The van der Waals surface area contributed by atoms with Gasteiger partial charge in [-0.3, -0.25) is 4.98 Å². The maximum absolute atomic E-state index is 5.66. The quantitative estimate of drug-likeness (QED) is 0.888. The SMILES string of the molecule is CC(C)(C)NCc1cncc(OCCc2cccs2)n1. The van der Waals surface area contributed by atoms with E-state index >= 15 is 0 Å². The number of nitrogens with one attached hydrogen (secondary N) is 1. The molecule has 0 unspecified atom stereocenters. The minimum absolute atomic E-state index is 0.0672. The summed E-state index contributed by atoms with van der Waals surface area (Å²) in [4.78, 5) is 9.95. The lowest BCUT2D eigenvalue weighted by atomic mass is 10.1. The molecule has 20 heavy (non-hydrogen) atoms. The van der Waals surface area contributed by atoms with E-state index in [9.17, 15) is 0 Å². The number of rotatable bonds is 6. The average molecular weight is 291 g/mol. The van der Waals surface area contributed by atoms with Crippen molar-refractivity contribution in [1.29, 1.82) is 0 Å². The van der Waals surface area contributed by atoms with Crippen LogP contribution in [0.25, 0.3) is 0 Å². The third kappa shape index (κ3) is 5.27. The molecule has 0 atom stereocenters. The first-order valence-electron chi connectivity index (χ1n) is 6.74. The molecule has 2 heterocycles. The Bertz CT molecular complexity index is 520. The van der Waals surface area contributed by atoms with E-state index in [2.05, 4.69) is 53.6 Å². The van der Waals surface area contributed by atoms with Crippen LogP contribution in [0, 0.1) is 0 Å². The molecule has 2 aromatic heterocycles. The highest BCUT2D eigenvalue weighted by Crippen LogP contribution is 2.11. The highest BCUT2D eigenvalue weighted by atomic mass is 32.1. The first-order chi connectivity index (χ1) is 9.53. The van der Waals surface area contributed by atoms with Gasteiger partial charge in [-0.15, -0.1) is 11.3 Å². The predicted molar refractivity (Wildman–Crippen MR) is 82.1 cm³/mol. The van der Waals surface area contributed by atoms with Gasteiger partial charge >= 0.3 is 0 Å². The van der Waals surface area contributed by atoms with Gasteiger partial charge in [0, 0.05) is 29.6 Å². The van der Waals surface area contributed by atoms with Crippen molar-refractivity contribution in [3.63, 3.8) is 0 Å². The van der Waals surface area contributed by atoms with Gasteiger partial charge in [0.2, 0.25) is 5.88 Å². The number of nitrogens with zero attached hydrogens (tertiary/aromatic N) is 2. The summed E-state index contributed by atoms with van der Waals surface area (Å²) in [7, 11) is 0. The molecule has 0 aliphatic carbocycles. The van der Waals surface area contributed by atoms with Gasteiger partial charge in [0.1, 0.15) is 0 Å². The molecule has 4 nitrogen and oxygen atoms in total. The number of ether oxygens (including phenoxy) is 1. The van der Waals surface area contributed by atoms with Crippen molar-refractivity contribution >= 4 is 11.3 Å².